The monoisotopic (exact) mass is 316 g/mol. The molecule has 0 atom stereocenters. The predicted octanol–water partition coefficient (Wildman–Crippen LogP) is 3.30. The summed E-state index contributed by atoms with van der Waals surface area (Å²) in [6.45, 7) is 5.95. The number of hydrogen-bond acceptors (Lipinski definition) is 2. The summed E-state index contributed by atoms with van der Waals surface area (Å²) >= 11 is 3.26. The quantitative estimate of drug-likeness (QED) is 0.875. The van der Waals surface area contributed by atoms with Gasteiger partial charge in [0.1, 0.15) is 5.82 Å². The summed E-state index contributed by atoms with van der Waals surface area (Å²) < 4.78 is 14.2. The lowest BCUT2D eigenvalue weighted by Gasteiger charge is -2.24. The molecule has 100 valence electrons. The van der Waals surface area contributed by atoms with Crippen molar-refractivity contribution in [3.63, 3.8) is 0 Å². The molecule has 0 fully saturated rings. The molecule has 0 saturated carbocycles. The van der Waals surface area contributed by atoms with Gasteiger partial charge in [0.15, 0.2) is 0 Å². The molecule has 1 aromatic carbocycles. The van der Waals surface area contributed by atoms with E-state index in [4.69, 9.17) is 0 Å². The van der Waals surface area contributed by atoms with Crippen LogP contribution in [0.2, 0.25) is 0 Å². The predicted molar refractivity (Wildman–Crippen MR) is 75.1 cm³/mol. The van der Waals surface area contributed by atoms with E-state index in [0.29, 0.717) is 5.69 Å². The van der Waals surface area contributed by atoms with E-state index in [9.17, 15) is 9.18 Å². The zero-order valence-corrected chi connectivity index (χ0v) is 12.4. The topological polar surface area (TPSA) is 41.1 Å². The van der Waals surface area contributed by atoms with E-state index in [2.05, 4.69) is 26.6 Å². The number of nitrogens with one attached hydrogen (secondary N) is 2. The van der Waals surface area contributed by atoms with E-state index >= 15 is 0 Å². The number of halogens is 2. The molecule has 0 spiro atoms. The smallest absolute Gasteiger partial charge is 0.239 e. The second-order valence-corrected chi connectivity index (χ2v) is 5.68. The molecular weight excluding hydrogens is 299 g/mol. The van der Waals surface area contributed by atoms with Crippen LogP contribution in [0.15, 0.2) is 22.7 Å². The van der Waals surface area contributed by atoms with Gasteiger partial charge < -0.3 is 10.6 Å². The van der Waals surface area contributed by atoms with Gasteiger partial charge in [-0.1, -0.05) is 22.9 Å². The maximum absolute atomic E-state index is 13.4. The summed E-state index contributed by atoms with van der Waals surface area (Å²) in [5.41, 5.74) is 0.0722. The molecule has 0 unspecified atom stereocenters. The van der Waals surface area contributed by atoms with Crippen molar-refractivity contribution in [1.82, 2.24) is 5.32 Å². The van der Waals surface area contributed by atoms with Crippen LogP contribution in [-0.2, 0) is 4.79 Å². The number of rotatable bonds is 5. The van der Waals surface area contributed by atoms with E-state index in [1.54, 1.807) is 12.1 Å². The van der Waals surface area contributed by atoms with Gasteiger partial charge in [-0.2, -0.15) is 0 Å². The molecule has 0 heterocycles. The normalized spacial score (nSPS) is 11.2. The Balaban J connectivity index is 2.55. The van der Waals surface area contributed by atoms with Crippen molar-refractivity contribution < 1.29 is 9.18 Å². The number of carbonyl (C=O) groups is 1. The molecule has 18 heavy (non-hydrogen) atoms. The van der Waals surface area contributed by atoms with E-state index in [0.717, 1.165) is 10.9 Å². The lowest BCUT2D eigenvalue weighted by atomic mass is 10.0. The second kappa shape index (κ2) is 6.18. The van der Waals surface area contributed by atoms with Crippen LogP contribution in [0.5, 0.6) is 0 Å². The number of carbonyl (C=O) groups excluding carboxylic acids is 1. The molecular formula is C13H18BrFN2O. The van der Waals surface area contributed by atoms with Crippen LogP contribution in [0.25, 0.3) is 0 Å². The second-order valence-electron chi connectivity index (χ2n) is 4.76. The Morgan fingerprint density at radius 3 is 2.72 bits per heavy atom. The highest BCUT2D eigenvalue weighted by molar-refractivity contribution is 9.10. The molecule has 2 N–H and O–H groups in total. The highest BCUT2D eigenvalue weighted by Gasteiger charge is 2.17. The van der Waals surface area contributed by atoms with Crippen LogP contribution in [0.4, 0.5) is 10.1 Å². The van der Waals surface area contributed by atoms with Gasteiger partial charge in [-0.3, -0.25) is 4.79 Å². The average molecular weight is 317 g/mol. The number of anilines is 1. The van der Waals surface area contributed by atoms with Crippen molar-refractivity contribution in [1.29, 1.82) is 0 Å². The van der Waals surface area contributed by atoms with Gasteiger partial charge >= 0.3 is 0 Å². The van der Waals surface area contributed by atoms with Gasteiger partial charge in [0.2, 0.25) is 5.91 Å². The van der Waals surface area contributed by atoms with Gasteiger partial charge in [0.25, 0.3) is 0 Å². The number of amides is 1. The first-order valence-electron chi connectivity index (χ1n) is 5.84. The van der Waals surface area contributed by atoms with E-state index < -0.39 is 0 Å². The Bertz CT molecular complexity index is 435. The molecule has 0 aliphatic heterocycles. The van der Waals surface area contributed by atoms with E-state index in [-0.39, 0.29) is 23.8 Å². The summed E-state index contributed by atoms with van der Waals surface area (Å²) in [6, 6.07) is 4.56. The maximum Gasteiger partial charge on any atom is 0.239 e. The minimum Gasteiger partial charge on any atom is -0.374 e. The Morgan fingerprint density at radius 2 is 2.11 bits per heavy atom. The molecule has 0 saturated heterocycles. The third-order valence-corrected chi connectivity index (χ3v) is 3.22. The summed E-state index contributed by atoms with van der Waals surface area (Å²) in [5.74, 6) is -0.526. The highest BCUT2D eigenvalue weighted by Crippen LogP contribution is 2.19. The van der Waals surface area contributed by atoms with Crippen LogP contribution in [0.3, 0.4) is 0 Å². The summed E-state index contributed by atoms with van der Waals surface area (Å²) in [5, 5.41) is 5.66. The standard InChI is InChI=1S/C13H18BrFN2O/c1-4-13(2,3)17-12(18)8-16-11-7-9(14)5-6-10(11)15/h5-7,16H,4,8H2,1-3H3,(H,17,18). The number of hydrogen-bond donors (Lipinski definition) is 2. The molecule has 1 aromatic rings. The van der Waals surface area contributed by atoms with Gasteiger partial charge in [-0.15, -0.1) is 0 Å². The van der Waals surface area contributed by atoms with Crippen molar-refractivity contribution in [2.24, 2.45) is 0 Å². The van der Waals surface area contributed by atoms with Gasteiger partial charge in [0.05, 0.1) is 12.2 Å². The van der Waals surface area contributed by atoms with Crippen LogP contribution in [0, 0.1) is 5.82 Å². The fourth-order valence-electron chi connectivity index (χ4n) is 1.32. The van der Waals surface area contributed by atoms with E-state index in [1.807, 2.05) is 20.8 Å². The van der Waals surface area contributed by atoms with Gasteiger partial charge in [0, 0.05) is 10.0 Å². The molecule has 5 heteroatoms. The minimum atomic E-state index is -0.374. The van der Waals surface area contributed by atoms with Crippen molar-refractivity contribution in [3.8, 4) is 0 Å². The minimum absolute atomic E-state index is 0.0524. The molecule has 1 amide bonds. The van der Waals surface area contributed by atoms with Crippen LogP contribution >= 0.6 is 15.9 Å². The fraction of sp³-hybridized carbons (Fsp3) is 0.462. The van der Waals surface area contributed by atoms with E-state index in [1.165, 1.54) is 6.07 Å². The first-order valence-corrected chi connectivity index (χ1v) is 6.63. The molecule has 0 aliphatic carbocycles. The molecule has 0 bridgehead atoms. The first kappa shape index (κ1) is 15.0. The van der Waals surface area contributed by atoms with Crippen LogP contribution in [0.1, 0.15) is 27.2 Å². The first-order chi connectivity index (χ1) is 8.34. The largest absolute Gasteiger partial charge is 0.374 e. The highest BCUT2D eigenvalue weighted by atomic mass is 79.9. The summed E-state index contributed by atoms with van der Waals surface area (Å²) in [7, 11) is 0. The van der Waals surface area contributed by atoms with Gasteiger partial charge in [-0.25, -0.2) is 4.39 Å². The van der Waals surface area contributed by atoms with Gasteiger partial charge in [-0.05, 0) is 38.5 Å². The van der Waals surface area contributed by atoms with Crippen molar-refractivity contribution in [3.05, 3.63) is 28.5 Å². The average Bonchev–Trinajstić information content (AvgIpc) is 2.30. The third kappa shape index (κ3) is 4.64. The molecule has 0 aromatic heterocycles. The summed E-state index contributed by atoms with van der Waals surface area (Å²) in [6.07, 6.45) is 0.837. The lowest BCUT2D eigenvalue weighted by molar-refractivity contribution is -0.121. The Labute approximate surface area is 115 Å². The van der Waals surface area contributed by atoms with Crippen molar-refractivity contribution in [2.45, 2.75) is 32.7 Å². The maximum atomic E-state index is 13.4. The lowest BCUT2D eigenvalue weighted by Crippen LogP contribution is -2.45. The molecule has 0 radical (unpaired) electrons. The molecule has 3 nitrogen and oxygen atoms in total. The van der Waals surface area contributed by atoms with Crippen LogP contribution < -0.4 is 10.6 Å². The Hall–Kier alpha value is -1.10. The molecule has 0 aliphatic rings. The Kier molecular flexibility index (Phi) is 5.14. The zero-order valence-electron chi connectivity index (χ0n) is 10.8. The number of benzene rings is 1. The fourth-order valence-corrected chi connectivity index (χ4v) is 1.68. The van der Waals surface area contributed by atoms with Crippen molar-refractivity contribution >= 4 is 27.5 Å². The van der Waals surface area contributed by atoms with Crippen molar-refractivity contribution in [2.75, 3.05) is 11.9 Å². The summed E-state index contributed by atoms with van der Waals surface area (Å²) in [4.78, 5) is 11.7. The third-order valence-electron chi connectivity index (χ3n) is 2.73. The van der Waals surface area contributed by atoms with Crippen LogP contribution in [-0.4, -0.2) is 18.0 Å². The zero-order chi connectivity index (χ0) is 13.8. The molecule has 1 rings (SSSR count). The Morgan fingerprint density at radius 1 is 1.44 bits per heavy atom. The SMILES string of the molecule is CCC(C)(C)NC(=O)CNc1cc(Br)ccc1F.